The van der Waals surface area contributed by atoms with E-state index in [1.165, 1.54) is 0 Å². The number of ether oxygens (including phenoxy) is 1. The summed E-state index contributed by atoms with van der Waals surface area (Å²) in [5, 5.41) is 2.20. The normalized spacial score (nSPS) is 11.6. The first-order valence-corrected chi connectivity index (χ1v) is 5.57. The minimum absolute atomic E-state index is 0.821. The van der Waals surface area contributed by atoms with Gasteiger partial charge in [-0.1, -0.05) is 24.3 Å². The van der Waals surface area contributed by atoms with E-state index in [0.29, 0.717) is 0 Å². The van der Waals surface area contributed by atoms with Crippen LogP contribution in [0.4, 0.5) is 0 Å². The topological polar surface area (TPSA) is 22.4 Å². The average Bonchev–Trinajstić information content (AvgIpc) is 2.74. The molecular weight excluding hydrogens is 212 g/mol. The van der Waals surface area contributed by atoms with Gasteiger partial charge in [0.15, 0.2) is 0 Å². The van der Waals surface area contributed by atoms with E-state index in [1.807, 2.05) is 49.4 Å². The number of hydrogen-bond acceptors (Lipinski definition) is 2. The van der Waals surface area contributed by atoms with E-state index in [0.717, 1.165) is 27.7 Å². The van der Waals surface area contributed by atoms with Crippen molar-refractivity contribution >= 4 is 21.9 Å². The summed E-state index contributed by atoms with van der Waals surface area (Å²) in [6, 6.07) is 13.9. The van der Waals surface area contributed by atoms with E-state index >= 15 is 0 Å². The van der Waals surface area contributed by atoms with Gasteiger partial charge in [0.25, 0.3) is 0 Å². The predicted octanol–water partition coefficient (Wildman–Crippen LogP) is 4.50. The van der Waals surface area contributed by atoms with E-state index in [2.05, 4.69) is 6.07 Å². The number of fused-ring (bicyclic) bond motifs is 3. The van der Waals surface area contributed by atoms with Crippen LogP contribution in [0.5, 0.6) is 5.75 Å². The molecule has 0 unspecified atom stereocenters. The first-order valence-electron chi connectivity index (χ1n) is 5.57. The molecule has 0 aliphatic heterocycles. The first kappa shape index (κ1) is 9.97. The van der Waals surface area contributed by atoms with Gasteiger partial charge in [-0.3, -0.25) is 0 Å². The second-order valence-electron chi connectivity index (χ2n) is 3.84. The number of allylic oxidation sites excluding steroid dienone is 1. The fraction of sp³-hybridized carbons (Fsp3) is 0.0667. The monoisotopic (exact) mass is 224 g/mol. The van der Waals surface area contributed by atoms with Crippen LogP contribution in [0, 0.1) is 0 Å². The largest absolute Gasteiger partial charge is 0.465 e. The van der Waals surface area contributed by atoms with Crippen molar-refractivity contribution in [2.24, 2.45) is 0 Å². The summed E-state index contributed by atoms with van der Waals surface area (Å²) < 4.78 is 11.2. The molecule has 0 spiro atoms. The van der Waals surface area contributed by atoms with Crippen molar-refractivity contribution in [2.45, 2.75) is 6.92 Å². The van der Waals surface area contributed by atoms with E-state index in [9.17, 15) is 0 Å². The van der Waals surface area contributed by atoms with Crippen LogP contribution in [-0.2, 0) is 0 Å². The molecule has 0 N–H and O–H groups in total. The zero-order valence-corrected chi connectivity index (χ0v) is 9.51. The van der Waals surface area contributed by atoms with Crippen molar-refractivity contribution < 1.29 is 9.15 Å². The van der Waals surface area contributed by atoms with E-state index in [-0.39, 0.29) is 0 Å². The zero-order chi connectivity index (χ0) is 11.7. The SMILES string of the molecule is CC=COc1ccc2oc3ccccc3c2c1. The highest BCUT2D eigenvalue weighted by atomic mass is 16.5. The molecule has 3 aromatic rings. The Kier molecular flexibility index (Phi) is 2.33. The summed E-state index contributed by atoms with van der Waals surface area (Å²) in [5.74, 6) is 0.821. The molecule has 0 amide bonds. The molecule has 0 atom stereocenters. The van der Waals surface area contributed by atoms with Crippen LogP contribution in [0.25, 0.3) is 21.9 Å². The third kappa shape index (κ3) is 1.68. The highest BCUT2D eigenvalue weighted by Crippen LogP contribution is 2.31. The van der Waals surface area contributed by atoms with Gasteiger partial charge in [-0.05, 0) is 31.2 Å². The van der Waals surface area contributed by atoms with Crippen molar-refractivity contribution in [3.63, 3.8) is 0 Å². The molecule has 2 heteroatoms. The quantitative estimate of drug-likeness (QED) is 0.598. The van der Waals surface area contributed by atoms with Crippen molar-refractivity contribution in [3.05, 3.63) is 54.8 Å². The fourth-order valence-electron chi connectivity index (χ4n) is 1.93. The predicted molar refractivity (Wildman–Crippen MR) is 69.2 cm³/mol. The van der Waals surface area contributed by atoms with E-state index in [1.54, 1.807) is 6.26 Å². The Bertz CT molecular complexity index is 692. The Morgan fingerprint density at radius 2 is 1.82 bits per heavy atom. The highest BCUT2D eigenvalue weighted by Gasteiger charge is 2.06. The van der Waals surface area contributed by atoms with Gasteiger partial charge < -0.3 is 9.15 Å². The van der Waals surface area contributed by atoms with E-state index < -0.39 is 0 Å². The highest BCUT2D eigenvalue weighted by molar-refractivity contribution is 6.05. The fourth-order valence-corrected chi connectivity index (χ4v) is 1.93. The van der Waals surface area contributed by atoms with Gasteiger partial charge in [0.05, 0.1) is 6.26 Å². The molecule has 17 heavy (non-hydrogen) atoms. The molecule has 2 aromatic carbocycles. The summed E-state index contributed by atoms with van der Waals surface area (Å²) >= 11 is 0. The Hall–Kier alpha value is -2.22. The second kappa shape index (κ2) is 3.98. The van der Waals surface area contributed by atoms with Gasteiger partial charge in [-0.15, -0.1) is 0 Å². The average molecular weight is 224 g/mol. The lowest BCUT2D eigenvalue weighted by molar-refractivity contribution is 0.481. The number of hydrogen-bond donors (Lipinski definition) is 0. The molecular formula is C15H12O2. The van der Waals surface area contributed by atoms with Gasteiger partial charge >= 0.3 is 0 Å². The van der Waals surface area contributed by atoms with E-state index in [4.69, 9.17) is 9.15 Å². The lowest BCUT2D eigenvalue weighted by atomic mass is 10.1. The Labute approximate surface area is 99.1 Å². The molecule has 0 bridgehead atoms. The smallest absolute Gasteiger partial charge is 0.135 e. The van der Waals surface area contributed by atoms with Gasteiger partial charge in [0.1, 0.15) is 16.9 Å². The number of para-hydroxylation sites is 1. The maximum absolute atomic E-state index is 5.74. The van der Waals surface area contributed by atoms with Gasteiger partial charge in [0.2, 0.25) is 0 Å². The maximum atomic E-state index is 5.74. The third-order valence-electron chi connectivity index (χ3n) is 2.69. The van der Waals surface area contributed by atoms with Crippen LogP contribution in [0.3, 0.4) is 0 Å². The number of rotatable bonds is 2. The van der Waals surface area contributed by atoms with Crippen molar-refractivity contribution in [3.8, 4) is 5.75 Å². The van der Waals surface area contributed by atoms with Crippen molar-refractivity contribution in [1.82, 2.24) is 0 Å². The summed E-state index contributed by atoms with van der Waals surface area (Å²) in [6.07, 6.45) is 3.53. The van der Waals surface area contributed by atoms with Gasteiger partial charge in [-0.25, -0.2) is 0 Å². The third-order valence-corrected chi connectivity index (χ3v) is 2.69. The van der Waals surface area contributed by atoms with Crippen molar-refractivity contribution in [1.29, 1.82) is 0 Å². The molecule has 1 heterocycles. The summed E-state index contributed by atoms with van der Waals surface area (Å²) in [4.78, 5) is 0. The molecule has 0 radical (unpaired) electrons. The Morgan fingerprint density at radius 3 is 2.71 bits per heavy atom. The molecule has 0 aliphatic carbocycles. The van der Waals surface area contributed by atoms with Crippen molar-refractivity contribution in [2.75, 3.05) is 0 Å². The van der Waals surface area contributed by atoms with Crippen LogP contribution in [0.2, 0.25) is 0 Å². The van der Waals surface area contributed by atoms with Gasteiger partial charge in [-0.2, -0.15) is 0 Å². The second-order valence-corrected chi connectivity index (χ2v) is 3.84. The molecule has 1 aromatic heterocycles. The molecule has 3 rings (SSSR count). The van der Waals surface area contributed by atoms with Crippen LogP contribution in [0.1, 0.15) is 6.92 Å². The minimum atomic E-state index is 0.821. The summed E-state index contributed by atoms with van der Waals surface area (Å²) in [7, 11) is 0. The van der Waals surface area contributed by atoms with Crippen LogP contribution >= 0.6 is 0 Å². The minimum Gasteiger partial charge on any atom is -0.465 e. The summed E-state index contributed by atoms with van der Waals surface area (Å²) in [6.45, 7) is 1.92. The molecule has 2 nitrogen and oxygen atoms in total. The molecule has 84 valence electrons. The first-order chi connectivity index (χ1) is 8.38. The van der Waals surface area contributed by atoms with Crippen LogP contribution < -0.4 is 4.74 Å². The Morgan fingerprint density at radius 1 is 1.00 bits per heavy atom. The Balaban J connectivity index is 2.22. The van der Waals surface area contributed by atoms with Crippen LogP contribution in [0.15, 0.2) is 59.2 Å². The molecule has 0 saturated heterocycles. The molecule has 0 saturated carbocycles. The van der Waals surface area contributed by atoms with Gasteiger partial charge in [0, 0.05) is 10.8 Å². The number of furan rings is 1. The summed E-state index contributed by atoms with van der Waals surface area (Å²) in [5.41, 5.74) is 1.80. The van der Waals surface area contributed by atoms with Crippen LogP contribution in [-0.4, -0.2) is 0 Å². The zero-order valence-electron chi connectivity index (χ0n) is 9.51. The standard InChI is InChI=1S/C15H12O2/c1-2-9-16-11-7-8-15-13(10-11)12-5-3-4-6-14(12)17-15/h2-10H,1H3. The lowest BCUT2D eigenvalue weighted by Gasteiger charge is -1.98. The molecule has 0 aliphatic rings. The number of benzene rings is 2. The lowest BCUT2D eigenvalue weighted by Crippen LogP contribution is -1.80. The maximum Gasteiger partial charge on any atom is 0.135 e. The molecule has 0 fully saturated rings.